The zero-order valence-corrected chi connectivity index (χ0v) is 12.0. The summed E-state index contributed by atoms with van der Waals surface area (Å²) in [6.07, 6.45) is 0.508. The highest BCUT2D eigenvalue weighted by Gasteiger charge is 2.11. The molecule has 22 heavy (non-hydrogen) atoms. The first-order valence-electron chi connectivity index (χ1n) is 6.53. The average Bonchev–Trinajstić information content (AvgIpc) is 2.46. The van der Waals surface area contributed by atoms with E-state index in [9.17, 15) is 14.4 Å². The maximum absolute atomic E-state index is 10.4. The highest BCUT2D eigenvalue weighted by molar-refractivity contribution is 5.77. The minimum atomic E-state index is -1.11. The van der Waals surface area contributed by atoms with Gasteiger partial charge in [0.05, 0.1) is 0 Å². The summed E-state index contributed by atoms with van der Waals surface area (Å²) in [4.78, 5) is 30.5. The summed E-state index contributed by atoms with van der Waals surface area (Å²) in [5, 5.41) is 16.7. The Bertz CT molecular complexity index is 493. The monoisotopic (exact) mass is 311 g/mol. The molecule has 8 N–H and O–H groups in total. The second kappa shape index (κ2) is 10.3. The molecule has 1 rings (SSSR count). The van der Waals surface area contributed by atoms with Gasteiger partial charge in [0.15, 0.2) is 0 Å². The van der Waals surface area contributed by atoms with E-state index in [1.54, 1.807) is 0 Å². The molecule has 0 aromatic heterocycles. The summed E-state index contributed by atoms with van der Waals surface area (Å²) < 4.78 is 0. The number of carboxylic acid groups (broad SMARTS) is 2. The molecule has 0 unspecified atom stereocenters. The van der Waals surface area contributed by atoms with Gasteiger partial charge in [-0.2, -0.15) is 0 Å². The van der Waals surface area contributed by atoms with Gasteiger partial charge in [-0.05, 0) is 18.4 Å². The molecule has 0 aliphatic heterocycles. The van der Waals surface area contributed by atoms with Crippen LogP contribution in [-0.2, 0) is 20.8 Å². The van der Waals surface area contributed by atoms with E-state index in [4.69, 9.17) is 27.4 Å². The molecule has 0 fully saturated rings. The zero-order chi connectivity index (χ0) is 17.1. The molecule has 0 heterocycles. The van der Waals surface area contributed by atoms with Gasteiger partial charge in [-0.1, -0.05) is 30.3 Å². The van der Waals surface area contributed by atoms with Crippen LogP contribution in [0.4, 0.5) is 0 Å². The first-order chi connectivity index (χ1) is 10.2. The van der Waals surface area contributed by atoms with Gasteiger partial charge < -0.3 is 27.4 Å². The molecule has 0 aliphatic carbocycles. The Labute approximate surface area is 127 Å². The Morgan fingerprint density at radius 2 is 1.45 bits per heavy atom. The van der Waals surface area contributed by atoms with Gasteiger partial charge in [-0.3, -0.25) is 14.4 Å². The predicted molar refractivity (Wildman–Crippen MR) is 79.8 cm³/mol. The topological polar surface area (TPSA) is 170 Å². The van der Waals surface area contributed by atoms with Crippen molar-refractivity contribution in [3.8, 4) is 0 Å². The number of rotatable bonds is 7. The molecular formula is C14H21N3O5. The zero-order valence-electron chi connectivity index (χ0n) is 12.0. The quantitative estimate of drug-likeness (QED) is 0.443. The van der Waals surface area contributed by atoms with Crippen LogP contribution in [0.15, 0.2) is 30.3 Å². The van der Waals surface area contributed by atoms with Crippen LogP contribution in [0.5, 0.6) is 0 Å². The molecular weight excluding hydrogens is 290 g/mol. The highest BCUT2D eigenvalue weighted by Crippen LogP contribution is 2.01. The first-order valence-corrected chi connectivity index (χ1v) is 6.53. The minimum absolute atomic E-state index is 0.0213. The van der Waals surface area contributed by atoms with Crippen molar-refractivity contribution in [1.82, 2.24) is 0 Å². The fraction of sp³-hybridized carbons (Fsp3) is 0.357. The molecule has 8 nitrogen and oxygen atoms in total. The Balaban J connectivity index is 0.000000409. The number of primary amides is 1. The third kappa shape index (κ3) is 9.45. The number of benzene rings is 1. The van der Waals surface area contributed by atoms with Gasteiger partial charge in [0.2, 0.25) is 5.91 Å². The van der Waals surface area contributed by atoms with Gasteiger partial charge in [0.25, 0.3) is 0 Å². The SMILES string of the molecule is NC(=O)CC[C@H](N)C(=O)O.N[C@@H](Cc1ccccc1)C(=O)O. The first kappa shape index (κ1) is 19.6. The number of carbonyl (C=O) groups is 3. The van der Waals surface area contributed by atoms with Crippen molar-refractivity contribution in [1.29, 1.82) is 0 Å². The summed E-state index contributed by atoms with van der Waals surface area (Å²) in [7, 11) is 0. The summed E-state index contributed by atoms with van der Waals surface area (Å²) >= 11 is 0. The Morgan fingerprint density at radius 3 is 1.86 bits per heavy atom. The fourth-order valence-electron chi connectivity index (χ4n) is 1.38. The number of hydrogen-bond donors (Lipinski definition) is 5. The molecule has 0 aliphatic rings. The van der Waals surface area contributed by atoms with Crippen LogP contribution in [0.3, 0.4) is 0 Å². The van der Waals surface area contributed by atoms with Crippen LogP contribution in [0.2, 0.25) is 0 Å². The van der Waals surface area contributed by atoms with E-state index in [1.165, 1.54) is 0 Å². The molecule has 0 radical (unpaired) electrons. The molecule has 1 amide bonds. The number of carbonyl (C=O) groups excluding carboxylic acids is 1. The van der Waals surface area contributed by atoms with E-state index in [0.717, 1.165) is 5.56 Å². The van der Waals surface area contributed by atoms with E-state index >= 15 is 0 Å². The summed E-state index contributed by atoms with van der Waals surface area (Å²) in [6.45, 7) is 0. The molecule has 0 spiro atoms. The molecule has 1 aromatic rings. The number of carboxylic acids is 2. The molecule has 122 valence electrons. The van der Waals surface area contributed by atoms with Crippen LogP contribution >= 0.6 is 0 Å². The van der Waals surface area contributed by atoms with Gasteiger partial charge in [0.1, 0.15) is 12.1 Å². The normalized spacial score (nSPS) is 12.5. The van der Waals surface area contributed by atoms with Crippen molar-refractivity contribution in [2.45, 2.75) is 31.3 Å². The van der Waals surface area contributed by atoms with Gasteiger partial charge in [-0.15, -0.1) is 0 Å². The van der Waals surface area contributed by atoms with Crippen LogP contribution in [-0.4, -0.2) is 40.1 Å². The van der Waals surface area contributed by atoms with E-state index in [1.807, 2.05) is 30.3 Å². The predicted octanol–water partition coefficient (Wildman–Crippen LogP) is -0.695. The largest absolute Gasteiger partial charge is 0.480 e. The fourth-order valence-corrected chi connectivity index (χ4v) is 1.38. The van der Waals surface area contributed by atoms with E-state index in [2.05, 4.69) is 0 Å². The van der Waals surface area contributed by atoms with E-state index < -0.39 is 29.9 Å². The Hall–Kier alpha value is -2.45. The van der Waals surface area contributed by atoms with Crippen molar-refractivity contribution in [2.75, 3.05) is 0 Å². The molecule has 2 atom stereocenters. The third-order valence-electron chi connectivity index (χ3n) is 2.63. The standard InChI is InChI=1S/C9H11NO2.C5H10N2O3/c10-8(9(11)12)6-7-4-2-1-3-5-7;6-3(5(9)10)1-2-4(7)8/h1-5,8H,6,10H2,(H,11,12);3H,1-2,6H2,(H2,7,8)(H,9,10)/t8-;3-/m00/s1. The Kier molecular flexibility index (Phi) is 9.15. The lowest BCUT2D eigenvalue weighted by Gasteiger charge is -2.04. The smallest absolute Gasteiger partial charge is 0.320 e. The van der Waals surface area contributed by atoms with Crippen LogP contribution in [0.1, 0.15) is 18.4 Å². The number of hydrogen-bond acceptors (Lipinski definition) is 5. The third-order valence-corrected chi connectivity index (χ3v) is 2.63. The molecule has 0 saturated heterocycles. The number of amides is 1. The van der Waals surface area contributed by atoms with Crippen LogP contribution in [0.25, 0.3) is 0 Å². The molecule has 0 bridgehead atoms. The van der Waals surface area contributed by atoms with Gasteiger partial charge >= 0.3 is 11.9 Å². The summed E-state index contributed by atoms with van der Waals surface area (Å²) in [5.74, 6) is -2.60. The lowest BCUT2D eigenvalue weighted by molar-refractivity contribution is -0.139. The van der Waals surface area contributed by atoms with Crippen LogP contribution in [0, 0.1) is 0 Å². The molecule has 0 saturated carbocycles. The lowest BCUT2D eigenvalue weighted by Crippen LogP contribution is -2.32. The highest BCUT2D eigenvalue weighted by atomic mass is 16.4. The van der Waals surface area contributed by atoms with Crippen molar-refractivity contribution in [3.63, 3.8) is 0 Å². The van der Waals surface area contributed by atoms with Gasteiger partial charge in [-0.25, -0.2) is 0 Å². The Morgan fingerprint density at radius 1 is 0.955 bits per heavy atom. The molecule has 8 heteroatoms. The number of aliphatic carboxylic acids is 2. The van der Waals surface area contributed by atoms with Crippen molar-refractivity contribution >= 4 is 17.8 Å². The minimum Gasteiger partial charge on any atom is -0.480 e. The second-order valence-electron chi connectivity index (χ2n) is 4.58. The van der Waals surface area contributed by atoms with Crippen LogP contribution < -0.4 is 17.2 Å². The van der Waals surface area contributed by atoms with E-state index in [-0.39, 0.29) is 12.8 Å². The van der Waals surface area contributed by atoms with Gasteiger partial charge in [0, 0.05) is 6.42 Å². The maximum atomic E-state index is 10.4. The van der Waals surface area contributed by atoms with Crippen molar-refractivity contribution in [2.24, 2.45) is 17.2 Å². The van der Waals surface area contributed by atoms with Crippen molar-refractivity contribution < 1.29 is 24.6 Å². The van der Waals surface area contributed by atoms with E-state index in [0.29, 0.717) is 6.42 Å². The average molecular weight is 311 g/mol. The summed E-state index contributed by atoms with van der Waals surface area (Å²) in [6, 6.07) is 7.56. The van der Waals surface area contributed by atoms with Crippen molar-refractivity contribution in [3.05, 3.63) is 35.9 Å². The molecule has 1 aromatic carbocycles. The maximum Gasteiger partial charge on any atom is 0.320 e. The second-order valence-corrected chi connectivity index (χ2v) is 4.58. The lowest BCUT2D eigenvalue weighted by atomic mass is 10.1. The number of nitrogens with two attached hydrogens (primary N) is 3. The summed E-state index contributed by atoms with van der Waals surface area (Å²) in [5.41, 5.74) is 16.1.